The molecule has 4 rings (SSSR count). The molecule has 0 radical (unpaired) electrons. The molecule has 0 aromatic heterocycles. The first-order valence-electron chi connectivity index (χ1n) is 10.2. The highest BCUT2D eigenvalue weighted by Crippen LogP contribution is 2.32. The van der Waals surface area contributed by atoms with E-state index < -0.39 is 0 Å². The van der Waals surface area contributed by atoms with Crippen LogP contribution in [0.3, 0.4) is 0 Å². The summed E-state index contributed by atoms with van der Waals surface area (Å²) in [5, 5.41) is 9.10. The number of hydrogen-bond donors (Lipinski definition) is 1. The second-order valence-electron chi connectivity index (χ2n) is 6.98. The summed E-state index contributed by atoms with van der Waals surface area (Å²) >= 11 is 0. The van der Waals surface area contributed by atoms with Gasteiger partial charge in [-0.25, -0.2) is 0 Å². The number of ether oxygens (including phenoxy) is 2. The van der Waals surface area contributed by atoms with E-state index in [0.29, 0.717) is 33.8 Å². The minimum absolute atomic E-state index is 0.0319. The summed E-state index contributed by atoms with van der Waals surface area (Å²) < 4.78 is 10.4. The molecule has 5 heteroatoms. The summed E-state index contributed by atoms with van der Waals surface area (Å²) in [6.45, 7) is 0. The lowest BCUT2D eigenvalue weighted by molar-refractivity contribution is 0.102. The van der Waals surface area contributed by atoms with Crippen molar-refractivity contribution in [1.82, 2.24) is 0 Å². The Bertz CT molecular complexity index is 1200. The zero-order chi connectivity index (χ0) is 23.6. The van der Waals surface area contributed by atoms with Gasteiger partial charge in [0.15, 0.2) is 23.1 Å². The molecule has 0 saturated heterocycles. The Balaban J connectivity index is 0.000000189. The van der Waals surface area contributed by atoms with Crippen LogP contribution in [-0.2, 0) is 0 Å². The number of carbonyl (C=O) groups is 2. The first kappa shape index (κ1) is 23.3. The fraction of sp³-hybridized carbons (Fsp3) is 0.0714. The van der Waals surface area contributed by atoms with Gasteiger partial charge in [-0.1, -0.05) is 66.7 Å². The summed E-state index contributed by atoms with van der Waals surface area (Å²) in [7, 11) is 3.08. The molecule has 166 valence electrons. The second kappa shape index (κ2) is 11.3. The molecule has 4 aromatic rings. The number of phenols is 1. The highest BCUT2D eigenvalue weighted by atomic mass is 16.5. The third kappa shape index (κ3) is 5.86. The fourth-order valence-electron chi connectivity index (χ4n) is 3.18. The smallest absolute Gasteiger partial charge is 0.196 e. The molecule has 5 nitrogen and oxygen atoms in total. The molecule has 0 saturated carbocycles. The Hall–Kier alpha value is -4.38. The Labute approximate surface area is 192 Å². The predicted octanol–water partition coefficient (Wildman–Crippen LogP) is 5.56. The third-order valence-electron chi connectivity index (χ3n) is 4.85. The number of para-hydroxylation sites is 1. The van der Waals surface area contributed by atoms with E-state index in [0.717, 1.165) is 0 Å². The average molecular weight is 440 g/mol. The molecule has 0 amide bonds. The van der Waals surface area contributed by atoms with Gasteiger partial charge in [-0.15, -0.1) is 0 Å². The van der Waals surface area contributed by atoms with E-state index in [1.807, 2.05) is 36.4 Å². The van der Waals surface area contributed by atoms with E-state index in [4.69, 9.17) is 14.6 Å². The number of ketones is 2. The van der Waals surface area contributed by atoms with E-state index in [-0.39, 0.29) is 17.3 Å². The lowest BCUT2D eigenvalue weighted by Gasteiger charge is -2.11. The van der Waals surface area contributed by atoms with Crippen LogP contribution in [0.4, 0.5) is 0 Å². The molecule has 4 aromatic carbocycles. The van der Waals surface area contributed by atoms with Gasteiger partial charge in [0.05, 0.1) is 19.8 Å². The van der Waals surface area contributed by atoms with Crippen molar-refractivity contribution in [1.29, 1.82) is 0 Å². The van der Waals surface area contributed by atoms with Gasteiger partial charge in [-0.3, -0.25) is 9.59 Å². The fourth-order valence-corrected chi connectivity index (χ4v) is 3.18. The van der Waals surface area contributed by atoms with Crippen molar-refractivity contribution in [3.63, 3.8) is 0 Å². The van der Waals surface area contributed by atoms with Crippen LogP contribution in [0.5, 0.6) is 17.2 Å². The molecule has 0 bridgehead atoms. The van der Waals surface area contributed by atoms with Gasteiger partial charge < -0.3 is 14.6 Å². The maximum atomic E-state index is 12.4. The number of hydrogen-bond acceptors (Lipinski definition) is 5. The maximum absolute atomic E-state index is 12.4. The minimum Gasteiger partial charge on any atom is -0.508 e. The van der Waals surface area contributed by atoms with Crippen LogP contribution in [0.15, 0.2) is 103 Å². The second-order valence-corrected chi connectivity index (χ2v) is 6.98. The summed E-state index contributed by atoms with van der Waals surface area (Å²) in [6.07, 6.45) is 0. The predicted molar refractivity (Wildman–Crippen MR) is 127 cm³/mol. The summed E-state index contributed by atoms with van der Waals surface area (Å²) in [4.78, 5) is 24.2. The maximum Gasteiger partial charge on any atom is 0.196 e. The molecule has 0 spiro atoms. The molecule has 0 atom stereocenters. The van der Waals surface area contributed by atoms with Gasteiger partial charge in [0, 0.05) is 16.7 Å². The van der Waals surface area contributed by atoms with E-state index in [9.17, 15) is 9.59 Å². The van der Waals surface area contributed by atoms with E-state index in [2.05, 4.69) is 0 Å². The molecule has 0 aliphatic heterocycles. The number of carbonyl (C=O) groups excluding carboxylic acids is 2. The lowest BCUT2D eigenvalue weighted by atomic mass is 10.0. The molecule has 1 N–H and O–H groups in total. The number of aromatic hydroxyl groups is 1. The zero-order valence-corrected chi connectivity index (χ0v) is 18.4. The lowest BCUT2D eigenvalue weighted by Crippen LogP contribution is -2.04. The van der Waals surface area contributed by atoms with Crippen molar-refractivity contribution < 1.29 is 24.2 Å². The Morgan fingerprint density at radius 1 is 0.576 bits per heavy atom. The van der Waals surface area contributed by atoms with Gasteiger partial charge in [0.1, 0.15) is 5.75 Å². The highest BCUT2D eigenvalue weighted by molar-refractivity contribution is 6.11. The van der Waals surface area contributed by atoms with Crippen molar-refractivity contribution in [3.05, 3.63) is 125 Å². The number of benzene rings is 4. The van der Waals surface area contributed by atoms with Crippen LogP contribution in [0, 0.1) is 0 Å². The largest absolute Gasteiger partial charge is 0.508 e. The molecular weight excluding hydrogens is 416 g/mol. The number of methoxy groups -OCH3 is 2. The first-order valence-corrected chi connectivity index (χ1v) is 10.2. The van der Waals surface area contributed by atoms with Crippen molar-refractivity contribution in [2.75, 3.05) is 14.2 Å². The molecule has 0 aliphatic rings. The van der Waals surface area contributed by atoms with Crippen molar-refractivity contribution >= 4 is 11.6 Å². The summed E-state index contributed by atoms with van der Waals surface area (Å²) in [5.74, 6) is 1.08. The van der Waals surface area contributed by atoms with Crippen LogP contribution < -0.4 is 9.47 Å². The van der Waals surface area contributed by atoms with Crippen molar-refractivity contribution in [2.45, 2.75) is 0 Å². The number of rotatable bonds is 6. The summed E-state index contributed by atoms with van der Waals surface area (Å²) in [5.41, 5.74) is 2.37. The monoisotopic (exact) mass is 440 g/mol. The highest BCUT2D eigenvalue weighted by Gasteiger charge is 2.17. The molecule has 0 aliphatic carbocycles. The van der Waals surface area contributed by atoms with Crippen molar-refractivity contribution in [3.8, 4) is 17.2 Å². The molecule has 0 heterocycles. The van der Waals surface area contributed by atoms with Gasteiger partial charge in [0.25, 0.3) is 0 Å². The van der Waals surface area contributed by atoms with E-state index in [1.165, 1.54) is 19.2 Å². The van der Waals surface area contributed by atoms with Crippen LogP contribution in [0.25, 0.3) is 0 Å². The van der Waals surface area contributed by atoms with E-state index in [1.54, 1.807) is 61.7 Å². The minimum atomic E-state index is -0.0775. The SMILES string of the molecule is COc1cccc(C(=O)c2ccccc2)c1OC.O=C(c1ccccc1)c1ccc(O)cc1. The molecule has 0 fully saturated rings. The summed E-state index contributed by atoms with van der Waals surface area (Å²) in [6, 6.07) is 29.7. The quantitative estimate of drug-likeness (QED) is 0.398. The molecule has 33 heavy (non-hydrogen) atoms. The van der Waals surface area contributed by atoms with Crippen LogP contribution in [-0.4, -0.2) is 30.9 Å². The average Bonchev–Trinajstić information content (AvgIpc) is 2.89. The van der Waals surface area contributed by atoms with Crippen LogP contribution >= 0.6 is 0 Å². The van der Waals surface area contributed by atoms with E-state index >= 15 is 0 Å². The van der Waals surface area contributed by atoms with Gasteiger partial charge in [0.2, 0.25) is 0 Å². The van der Waals surface area contributed by atoms with Gasteiger partial charge in [-0.05, 0) is 36.4 Å². The van der Waals surface area contributed by atoms with Crippen molar-refractivity contribution in [2.24, 2.45) is 0 Å². The Kier molecular flexibility index (Phi) is 7.97. The Morgan fingerprint density at radius 2 is 1.09 bits per heavy atom. The van der Waals surface area contributed by atoms with Gasteiger partial charge in [-0.2, -0.15) is 0 Å². The molecule has 0 unspecified atom stereocenters. The topological polar surface area (TPSA) is 72.8 Å². The molecular formula is C28H24O5. The van der Waals surface area contributed by atoms with Crippen LogP contribution in [0.1, 0.15) is 31.8 Å². The normalized spacial score (nSPS) is 9.88. The first-order chi connectivity index (χ1) is 16.0. The van der Waals surface area contributed by atoms with Gasteiger partial charge >= 0.3 is 0 Å². The number of phenolic OH excluding ortho intramolecular Hbond substituents is 1. The Morgan fingerprint density at radius 3 is 1.61 bits per heavy atom. The van der Waals surface area contributed by atoms with Crippen LogP contribution in [0.2, 0.25) is 0 Å². The third-order valence-corrected chi connectivity index (χ3v) is 4.85. The zero-order valence-electron chi connectivity index (χ0n) is 18.4. The standard InChI is InChI=1S/C15H14O3.C13H10O2/c1-17-13-10-6-9-12(15(13)18-2)14(16)11-7-4-3-5-8-11;14-12-8-6-11(7-9-12)13(15)10-4-2-1-3-5-10/h3-10H,1-2H3;1-9,14H.